The molecule has 0 amide bonds. The molecular formula is C16H25NO2. The molecule has 1 aromatic rings. The summed E-state index contributed by atoms with van der Waals surface area (Å²) in [6, 6.07) is 7.15. The van der Waals surface area contributed by atoms with Crippen molar-refractivity contribution in [3.63, 3.8) is 0 Å². The molecule has 0 atom stereocenters. The first-order valence-corrected chi connectivity index (χ1v) is 7.14. The third-order valence-corrected chi connectivity index (χ3v) is 3.30. The molecular weight excluding hydrogens is 238 g/mol. The normalized spacial score (nSPS) is 10.9. The Balaban J connectivity index is 2.27. The van der Waals surface area contributed by atoms with Crippen LogP contribution in [0.25, 0.3) is 0 Å². The highest BCUT2D eigenvalue weighted by Crippen LogP contribution is 2.08. The van der Waals surface area contributed by atoms with Crippen molar-refractivity contribution in [3.8, 4) is 0 Å². The van der Waals surface area contributed by atoms with E-state index in [9.17, 15) is 4.79 Å². The van der Waals surface area contributed by atoms with Crippen LogP contribution in [0.1, 0.15) is 54.9 Å². The number of hydrogen-bond acceptors (Lipinski definition) is 2. The Morgan fingerprint density at radius 2 is 1.74 bits per heavy atom. The van der Waals surface area contributed by atoms with Crippen LogP contribution in [0.3, 0.4) is 0 Å². The van der Waals surface area contributed by atoms with Gasteiger partial charge in [0.1, 0.15) is 0 Å². The van der Waals surface area contributed by atoms with Crippen LogP contribution < -0.4 is 0 Å². The minimum absolute atomic E-state index is 0.353. The Bertz CT molecular complexity index is 373. The third-order valence-electron chi connectivity index (χ3n) is 3.30. The maximum Gasteiger partial charge on any atom is 0.335 e. The van der Waals surface area contributed by atoms with Gasteiger partial charge in [0.2, 0.25) is 0 Å². The number of nitrogens with zero attached hydrogens (tertiary/aromatic N) is 1. The molecule has 3 heteroatoms. The molecule has 0 radical (unpaired) electrons. The summed E-state index contributed by atoms with van der Waals surface area (Å²) in [7, 11) is 2.12. The molecule has 106 valence electrons. The van der Waals surface area contributed by atoms with Crippen molar-refractivity contribution in [1.29, 1.82) is 0 Å². The molecule has 19 heavy (non-hydrogen) atoms. The third kappa shape index (κ3) is 6.39. The van der Waals surface area contributed by atoms with Gasteiger partial charge in [-0.2, -0.15) is 0 Å². The average Bonchev–Trinajstić information content (AvgIpc) is 2.39. The van der Waals surface area contributed by atoms with E-state index >= 15 is 0 Å². The number of benzene rings is 1. The topological polar surface area (TPSA) is 40.5 Å². The molecule has 0 aliphatic rings. The van der Waals surface area contributed by atoms with Crippen molar-refractivity contribution in [2.24, 2.45) is 0 Å². The SMILES string of the molecule is CCCCCCCN(C)Cc1ccc(C(=O)O)cc1. The second-order valence-corrected chi connectivity index (χ2v) is 5.15. The van der Waals surface area contributed by atoms with Crippen LogP contribution in [0, 0.1) is 0 Å². The fraction of sp³-hybridized carbons (Fsp3) is 0.562. The summed E-state index contributed by atoms with van der Waals surface area (Å²) >= 11 is 0. The molecule has 1 rings (SSSR count). The molecule has 0 fully saturated rings. The van der Waals surface area contributed by atoms with E-state index in [0.717, 1.165) is 13.1 Å². The van der Waals surface area contributed by atoms with E-state index in [1.165, 1.54) is 37.7 Å². The van der Waals surface area contributed by atoms with Crippen molar-refractivity contribution >= 4 is 5.97 Å². The van der Waals surface area contributed by atoms with Gasteiger partial charge >= 0.3 is 5.97 Å². The number of hydrogen-bond donors (Lipinski definition) is 1. The molecule has 1 N–H and O–H groups in total. The molecule has 0 aliphatic carbocycles. The maximum atomic E-state index is 10.8. The first-order valence-electron chi connectivity index (χ1n) is 7.14. The zero-order valence-electron chi connectivity index (χ0n) is 12.1. The number of carboxylic acid groups (broad SMARTS) is 1. The lowest BCUT2D eigenvalue weighted by molar-refractivity contribution is 0.0697. The van der Waals surface area contributed by atoms with Crippen LogP contribution in [-0.2, 0) is 6.54 Å². The van der Waals surface area contributed by atoms with Gasteiger partial charge < -0.3 is 10.0 Å². The largest absolute Gasteiger partial charge is 0.478 e. The molecule has 0 unspecified atom stereocenters. The fourth-order valence-corrected chi connectivity index (χ4v) is 2.13. The summed E-state index contributed by atoms with van der Waals surface area (Å²) in [6.45, 7) is 4.21. The van der Waals surface area contributed by atoms with Gasteiger partial charge in [0.25, 0.3) is 0 Å². The monoisotopic (exact) mass is 263 g/mol. The van der Waals surface area contributed by atoms with E-state index in [1.807, 2.05) is 12.1 Å². The molecule has 0 bridgehead atoms. The number of carboxylic acids is 1. The highest BCUT2D eigenvalue weighted by Gasteiger charge is 2.03. The molecule has 0 heterocycles. The molecule has 0 saturated carbocycles. The Morgan fingerprint density at radius 3 is 2.32 bits per heavy atom. The van der Waals surface area contributed by atoms with E-state index in [1.54, 1.807) is 12.1 Å². The Kier molecular flexibility index (Phi) is 7.19. The Morgan fingerprint density at radius 1 is 1.11 bits per heavy atom. The van der Waals surface area contributed by atoms with Crippen molar-refractivity contribution in [2.75, 3.05) is 13.6 Å². The standard InChI is InChI=1S/C16H25NO2/c1-3-4-5-6-7-12-17(2)13-14-8-10-15(11-9-14)16(18)19/h8-11H,3-7,12-13H2,1-2H3,(H,18,19). The van der Waals surface area contributed by atoms with E-state index in [4.69, 9.17) is 5.11 Å². The highest BCUT2D eigenvalue weighted by atomic mass is 16.4. The molecule has 0 saturated heterocycles. The molecule has 0 spiro atoms. The van der Waals surface area contributed by atoms with Gasteiger partial charge in [0.15, 0.2) is 0 Å². The molecule has 3 nitrogen and oxygen atoms in total. The van der Waals surface area contributed by atoms with Gasteiger partial charge in [-0.15, -0.1) is 0 Å². The summed E-state index contributed by atoms with van der Waals surface area (Å²) in [6.07, 6.45) is 6.49. The van der Waals surface area contributed by atoms with Crippen molar-refractivity contribution in [3.05, 3.63) is 35.4 Å². The fourth-order valence-electron chi connectivity index (χ4n) is 2.13. The first-order chi connectivity index (χ1) is 9.13. The van der Waals surface area contributed by atoms with Gasteiger partial charge in [-0.05, 0) is 37.7 Å². The number of unbranched alkanes of at least 4 members (excludes halogenated alkanes) is 4. The van der Waals surface area contributed by atoms with Crippen molar-refractivity contribution in [2.45, 2.75) is 45.6 Å². The van der Waals surface area contributed by atoms with E-state index in [0.29, 0.717) is 5.56 Å². The summed E-state index contributed by atoms with van der Waals surface area (Å²) < 4.78 is 0. The summed E-state index contributed by atoms with van der Waals surface area (Å²) in [5.74, 6) is -0.865. The summed E-state index contributed by atoms with van der Waals surface area (Å²) in [4.78, 5) is 13.0. The van der Waals surface area contributed by atoms with Gasteiger partial charge in [-0.1, -0.05) is 44.7 Å². The smallest absolute Gasteiger partial charge is 0.335 e. The van der Waals surface area contributed by atoms with Crippen LogP contribution in [0.2, 0.25) is 0 Å². The summed E-state index contributed by atoms with van der Waals surface area (Å²) in [5, 5.41) is 8.83. The zero-order chi connectivity index (χ0) is 14.1. The van der Waals surface area contributed by atoms with Crippen LogP contribution in [0.5, 0.6) is 0 Å². The van der Waals surface area contributed by atoms with Gasteiger partial charge in [0, 0.05) is 6.54 Å². The van der Waals surface area contributed by atoms with Crippen LogP contribution >= 0.6 is 0 Å². The van der Waals surface area contributed by atoms with E-state index < -0.39 is 5.97 Å². The van der Waals surface area contributed by atoms with Crippen LogP contribution in [0.15, 0.2) is 24.3 Å². The van der Waals surface area contributed by atoms with E-state index in [2.05, 4.69) is 18.9 Å². The average molecular weight is 263 g/mol. The number of aromatic carboxylic acids is 1. The Hall–Kier alpha value is -1.35. The van der Waals surface area contributed by atoms with Crippen molar-refractivity contribution < 1.29 is 9.90 Å². The second-order valence-electron chi connectivity index (χ2n) is 5.15. The van der Waals surface area contributed by atoms with Gasteiger partial charge in [-0.25, -0.2) is 4.79 Å². The zero-order valence-corrected chi connectivity index (χ0v) is 12.1. The van der Waals surface area contributed by atoms with Crippen LogP contribution in [0.4, 0.5) is 0 Å². The van der Waals surface area contributed by atoms with Gasteiger partial charge in [0.05, 0.1) is 5.56 Å². The second kappa shape index (κ2) is 8.70. The Labute approximate surface area is 116 Å². The molecule has 0 aliphatic heterocycles. The minimum atomic E-state index is -0.865. The molecule has 0 aromatic heterocycles. The number of carbonyl (C=O) groups is 1. The van der Waals surface area contributed by atoms with E-state index in [-0.39, 0.29) is 0 Å². The quantitative estimate of drug-likeness (QED) is 0.689. The van der Waals surface area contributed by atoms with Gasteiger partial charge in [-0.3, -0.25) is 0 Å². The maximum absolute atomic E-state index is 10.8. The predicted molar refractivity (Wildman–Crippen MR) is 78.5 cm³/mol. The predicted octanol–water partition coefficient (Wildman–Crippen LogP) is 3.79. The summed E-state index contributed by atoms with van der Waals surface area (Å²) in [5.41, 5.74) is 1.52. The first kappa shape index (κ1) is 15.7. The van der Waals surface area contributed by atoms with Crippen molar-refractivity contribution in [1.82, 2.24) is 4.90 Å². The minimum Gasteiger partial charge on any atom is -0.478 e. The molecule has 1 aromatic carbocycles. The van der Waals surface area contributed by atoms with Crippen LogP contribution in [-0.4, -0.2) is 29.6 Å². The lowest BCUT2D eigenvalue weighted by Gasteiger charge is -2.16. The highest BCUT2D eigenvalue weighted by molar-refractivity contribution is 5.87. The lowest BCUT2D eigenvalue weighted by Crippen LogP contribution is -2.19. The lowest BCUT2D eigenvalue weighted by atomic mass is 10.1. The number of rotatable bonds is 9.